The number of aryl methyl sites for hydroxylation is 1. The number of alkyl halides is 2. The summed E-state index contributed by atoms with van der Waals surface area (Å²) in [6, 6.07) is 2.77. The van der Waals surface area contributed by atoms with Crippen LogP contribution in [0.1, 0.15) is 41.0 Å². The molecule has 4 aromatic rings. The van der Waals surface area contributed by atoms with Crippen molar-refractivity contribution in [3.63, 3.8) is 0 Å². The Hall–Kier alpha value is -3.84. The number of nitrogens with zero attached hydrogens (tertiary/aromatic N) is 6. The molecule has 192 valence electrons. The first-order valence-electron chi connectivity index (χ1n) is 11.5. The zero-order chi connectivity index (χ0) is 26.1. The fourth-order valence-electron chi connectivity index (χ4n) is 4.18. The maximum absolute atomic E-state index is 13.4. The number of ether oxygens (including phenoxy) is 1. The summed E-state index contributed by atoms with van der Waals surface area (Å²) in [4.78, 5) is 37.3. The van der Waals surface area contributed by atoms with Crippen LogP contribution in [-0.4, -0.2) is 62.2 Å². The maximum Gasteiger partial charge on any atom is 0.280 e. The normalized spacial score (nSPS) is 14.4. The molecule has 0 aliphatic carbocycles. The highest BCUT2D eigenvalue weighted by Gasteiger charge is 2.24. The van der Waals surface area contributed by atoms with E-state index in [1.807, 2.05) is 4.90 Å². The lowest BCUT2D eigenvalue weighted by atomic mass is 9.99. The van der Waals surface area contributed by atoms with E-state index in [0.717, 1.165) is 0 Å². The topological polar surface area (TPSA) is 126 Å². The van der Waals surface area contributed by atoms with Crippen molar-refractivity contribution in [2.75, 3.05) is 30.4 Å². The molecule has 5 rings (SSSR count). The van der Waals surface area contributed by atoms with Crippen molar-refractivity contribution in [1.82, 2.24) is 24.9 Å². The molecule has 1 saturated heterocycles. The Morgan fingerprint density at radius 3 is 2.73 bits per heavy atom. The summed E-state index contributed by atoms with van der Waals surface area (Å²) in [6.45, 7) is 3.01. The summed E-state index contributed by atoms with van der Waals surface area (Å²) in [7, 11) is 1.43. The molecule has 4 aromatic heterocycles. The van der Waals surface area contributed by atoms with Gasteiger partial charge in [0.2, 0.25) is 5.95 Å². The SMILES string of the molecule is COc1c(C)ncc(C(=O)Nc2nc3cnc(N4CCC(O)CC4)nc3s2)c1-c1ccnc(C(F)F)c1. The summed E-state index contributed by atoms with van der Waals surface area (Å²) in [5.74, 6) is 0.308. The Morgan fingerprint density at radius 2 is 2.00 bits per heavy atom. The van der Waals surface area contributed by atoms with E-state index in [-0.39, 0.29) is 11.7 Å². The molecule has 1 amide bonds. The van der Waals surface area contributed by atoms with Crippen LogP contribution in [0.15, 0.2) is 30.7 Å². The zero-order valence-electron chi connectivity index (χ0n) is 20.0. The standard InChI is InChI=1S/C24H23F2N7O3S/c1-12-19(36-2)18(13-3-6-27-16(9-13)20(25)26)15(10-28-12)21(35)31-24-30-17-11-29-23(32-22(17)37-24)33-7-4-14(34)5-8-33/h3,6,9-11,14,20,34H,4-5,7-8H2,1-2H3,(H,30,31,35). The largest absolute Gasteiger partial charge is 0.494 e. The molecule has 37 heavy (non-hydrogen) atoms. The summed E-state index contributed by atoms with van der Waals surface area (Å²) in [5.41, 5.74) is 1.42. The van der Waals surface area contributed by atoms with Gasteiger partial charge in [-0.3, -0.25) is 20.1 Å². The number of amides is 1. The van der Waals surface area contributed by atoms with Gasteiger partial charge in [-0.2, -0.15) is 4.98 Å². The number of methoxy groups -OCH3 is 1. The number of halogens is 2. The van der Waals surface area contributed by atoms with Crippen molar-refractivity contribution in [3.8, 4) is 16.9 Å². The number of aromatic nitrogens is 5. The number of piperidine rings is 1. The van der Waals surface area contributed by atoms with Gasteiger partial charge in [0.1, 0.15) is 17.0 Å². The lowest BCUT2D eigenvalue weighted by molar-refractivity contribution is 0.102. The van der Waals surface area contributed by atoms with Gasteiger partial charge in [-0.25, -0.2) is 18.7 Å². The Morgan fingerprint density at radius 1 is 1.22 bits per heavy atom. The first kappa shape index (κ1) is 24.8. The van der Waals surface area contributed by atoms with Gasteiger partial charge >= 0.3 is 0 Å². The van der Waals surface area contributed by atoms with Crippen LogP contribution in [0.3, 0.4) is 0 Å². The van der Waals surface area contributed by atoms with Gasteiger partial charge in [0, 0.05) is 31.0 Å². The molecule has 5 heterocycles. The van der Waals surface area contributed by atoms with Crippen LogP contribution in [0.5, 0.6) is 5.75 Å². The van der Waals surface area contributed by atoms with Crippen molar-refractivity contribution in [1.29, 1.82) is 0 Å². The fourth-order valence-corrected chi connectivity index (χ4v) is 4.98. The van der Waals surface area contributed by atoms with Crippen LogP contribution in [0.4, 0.5) is 19.9 Å². The Labute approximate surface area is 214 Å². The Bertz CT molecular complexity index is 1460. The number of hydrogen-bond donors (Lipinski definition) is 2. The molecule has 0 radical (unpaired) electrons. The van der Waals surface area contributed by atoms with Crippen LogP contribution < -0.4 is 15.0 Å². The minimum atomic E-state index is -2.77. The van der Waals surface area contributed by atoms with Gasteiger partial charge in [0.05, 0.1) is 30.7 Å². The Kier molecular flexibility index (Phi) is 6.89. The molecule has 0 aromatic carbocycles. The van der Waals surface area contributed by atoms with E-state index in [9.17, 15) is 18.7 Å². The van der Waals surface area contributed by atoms with E-state index in [1.165, 1.54) is 43.0 Å². The predicted octanol–water partition coefficient (Wildman–Crippen LogP) is 4.01. The molecule has 0 atom stereocenters. The van der Waals surface area contributed by atoms with E-state index in [0.29, 0.717) is 69.9 Å². The van der Waals surface area contributed by atoms with Gasteiger partial charge in [0.15, 0.2) is 9.96 Å². The third-order valence-electron chi connectivity index (χ3n) is 6.06. The second-order valence-electron chi connectivity index (χ2n) is 8.49. The second-order valence-corrected chi connectivity index (χ2v) is 9.46. The number of pyridine rings is 2. The third kappa shape index (κ3) is 5.04. The number of anilines is 2. The summed E-state index contributed by atoms with van der Waals surface area (Å²) >= 11 is 1.19. The van der Waals surface area contributed by atoms with Crippen molar-refractivity contribution in [3.05, 3.63) is 47.7 Å². The highest BCUT2D eigenvalue weighted by atomic mass is 32.1. The number of fused-ring (bicyclic) bond motifs is 1. The molecule has 1 fully saturated rings. The number of aliphatic hydroxyl groups is 1. The highest BCUT2D eigenvalue weighted by molar-refractivity contribution is 7.22. The smallest absolute Gasteiger partial charge is 0.280 e. The number of rotatable bonds is 6. The summed E-state index contributed by atoms with van der Waals surface area (Å²) in [5, 5.41) is 12.8. The molecule has 0 spiro atoms. The van der Waals surface area contributed by atoms with Crippen LogP contribution in [0.25, 0.3) is 21.5 Å². The summed E-state index contributed by atoms with van der Waals surface area (Å²) < 4.78 is 32.1. The van der Waals surface area contributed by atoms with Crippen LogP contribution in [0, 0.1) is 6.92 Å². The van der Waals surface area contributed by atoms with Crippen LogP contribution >= 0.6 is 11.3 Å². The van der Waals surface area contributed by atoms with E-state index >= 15 is 0 Å². The van der Waals surface area contributed by atoms with Crippen molar-refractivity contribution < 1.29 is 23.4 Å². The molecule has 10 nitrogen and oxygen atoms in total. The quantitative estimate of drug-likeness (QED) is 0.382. The third-order valence-corrected chi connectivity index (χ3v) is 6.94. The number of nitrogens with one attached hydrogen (secondary N) is 1. The van der Waals surface area contributed by atoms with Crippen LogP contribution in [-0.2, 0) is 0 Å². The van der Waals surface area contributed by atoms with Crippen molar-refractivity contribution in [2.45, 2.75) is 32.3 Å². The minimum absolute atomic E-state index is 0.131. The fraction of sp³-hybridized carbons (Fsp3) is 0.333. The summed E-state index contributed by atoms with van der Waals surface area (Å²) in [6.07, 6.45) is 2.46. The molecular formula is C24H23F2N7O3S. The maximum atomic E-state index is 13.4. The Balaban J connectivity index is 1.46. The number of carbonyl (C=O) groups excluding carboxylic acids is 1. The monoisotopic (exact) mass is 527 g/mol. The van der Waals surface area contributed by atoms with Gasteiger partial charge in [-0.1, -0.05) is 11.3 Å². The van der Waals surface area contributed by atoms with Gasteiger partial charge < -0.3 is 14.7 Å². The van der Waals surface area contributed by atoms with E-state index in [2.05, 4.69) is 30.2 Å². The molecule has 1 aliphatic rings. The molecule has 0 saturated carbocycles. The van der Waals surface area contributed by atoms with E-state index in [1.54, 1.807) is 13.1 Å². The molecule has 0 bridgehead atoms. The number of thiazole rings is 1. The van der Waals surface area contributed by atoms with Gasteiger partial charge in [-0.05, 0) is 37.5 Å². The number of carbonyl (C=O) groups is 1. The van der Waals surface area contributed by atoms with Crippen molar-refractivity contribution >= 4 is 38.7 Å². The first-order valence-corrected chi connectivity index (χ1v) is 12.3. The van der Waals surface area contributed by atoms with Gasteiger partial charge in [0.25, 0.3) is 12.3 Å². The molecule has 13 heteroatoms. The zero-order valence-corrected chi connectivity index (χ0v) is 20.8. The van der Waals surface area contributed by atoms with Crippen molar-refractivity contribution in [2.24, 2.45) is 0 Å². The average molecular weight is 528 g/mol. The molecule has 2 N–H and O–H groups in total. The second kappa shape index (κ2) is 10.3. The van der Waals surface area contributed by atoms with Crippen LogP contribution in [0.2, 0.25) is 0 Å². The molecular weight excluding hydrogens is 504 g/mol. The van der Waals surface area contributed by atoms with E-state index in [4.69, 9.17) is 4.74 Å². The molecule has 0 unspecified atom stereocenters. The lowest BCUT2D eigenvalue weighted by Gasteiger charge is -2.29. The first-order chi connectivity index (χ1) is 17.8. The number of hydrogen-bond acceptors (Lipinski definition) is 10. The predicted molar refractivity (Wildman–Crippen MR) is 134 cm³/mol. The lowest BCUT2D eigenvalue weighted by Crippen LogP contribution is -2.36. The molecule has 1 aliphatic heterocycles. The number of aliphatic hydroxyl groups excluding tert-OH is 1. The highest BCUT2D eigenvalue weighted by Crippen LogP contribution is 2.37. The minimum Gasteiger partial charge on any atom is -0.494 e. The average Bonchev–Trinajstić information content (AvgIpc) is 3.30. The van der Waals surface area contributed by atoms with E-state index < -0.39 is 18.0 Å². The van der Waals surface area contributed by atoms with Gasteiger partial charge in [-0.15, -0.1) is 0 Å².